The summed E-state index contributed by atoms with van der Waals surface area (Å²) in [4.78, 5) is 0. The molecular weight excluding hydrogens is 174 g/mol. The van der Waals surface area contributed by atoms with Crippen LogP contribution in [0.4, 0.5) is 0 Å². The zero-order valence-corrected chi connectivity index (χ0v) is 8.51. The predicted molar refractivity (Wildman–Crippen MR) is 53.6 cm³/mol. The average molecular weight is 192 g/mol. The number of allylic oxidation sites excluding steroid dienone is 1. The molecule has 0 aliphatic heterocycles. The fourth-order valence-corrected chi connectivity index (χ4v) is 1.00. The lowest BCUT2D eigenvalue weighted by Crippen LogP contribution is -2.37. The second-order valence-corrected chi connectivity index (χ2v) is 3.38. The molecule has 0 spiro atoms. The van der Waals surface area contributed by atoms with Gasteiger partial charge in [-0.3, -0.25) is 0 Å². The molecule has 0 radical (unpaired) electrons. The maximum Gasteiger partial charge on any atom is 0.0587 e. The van der Waals surface area contributed by atoms with E-state index in [1.165, 1.54) is 0 Å². The molecule has 0 aliphatic rings. The quantitative estimate of drug-likeness (QED) is 0.491. The minimum atomic E-state index is 0.185. The summed E-state index contributed by atoms with van der Waals surface area (Å²) in [5.41, 5.74) is 0. The molecule has 72 valence electrons. The molecule has 3 heteroatoms. The van der Waals surface area contributed by atoms with Crippen molar-refractivity contribution in [3.05, 3.63) is 12.2 Å². The van der Waals surface area contributed by atoms with Crippen LogP contribution in [0.2, 0.25) is 0 Å². The highest BCUT2D eigenvalue weighted by Gasteiger charge is 2.08. The first-order valence-electron chi connectivity index (χ1n) is 4.27. The molecule has 0 heterocycles. The Bertz CT molecular complexity index is 126. The Morgan fingerprint density at radius 2 is 2.08 bits per heavy atom. The third-order valence-corrected chi connectivity index (χ3v) is 1.93. The SMILES string of the molecule is CC(C)[C@@H](CO)NC/C=C/CCl. The highest BCUT2D eigenvalue weighted by Crippen LogP contribution is 1.99. The lowest BCUT2D eigenvalue weighted by atomic mass is 10.1. The van der Waals surface area contributed by atoms with Crippen LogP contribution < -0.4 is 5.32 Å². The number of rotatable bonds is 6. The molecule has 2 N–H and O–H groups in total. The summed E-state index contributed by atoms with van der Waals surface area (Å²) >= 11 is 5.45. The van der Waals surface area contributed by atoms with E-state index in [2.05, 4.69) is 19.2 Å². The summed E-state index contributed by atoms with van der Waals surface area (Å²) in [5.74, 6) is 1.01. The molecule has 0 saturated carbocycles. The van der Waals surface area contributed by atoms with Crippen molar-refractivity contribution in [3.8, 4) is 0 Å². The van der Waals surface area contributed by atoms with Crippen LogP contribution in [0.15, 0.2) is 12.2 Å². The normalized spacial score (nSPS) is 14.4. The van der Waals surface area contributed by atoms with Crippen LogP contribution in [0.1, 0.15) is 13.8 Å². The van der Waals surface area contributed by atoms with Gasteiger partial charge in [0.15, 0.2) is 0 Å². The number of aliphatic hydroxyl groups is 1. The van der Waals surface area contributed by atoms with E-state index in [0.717, 1.165) is 6.54 Å². The van der Waals surface area contributed by atoms with Gasteiger partial charge in [0.25, 0.3) is 0 Å². The molecule has 0 aromatic carbocycles. The van der Waals surface area contributed by atoms with Gasteiger partial charge in [0.1, 0.15) is 0 Å². The van der Waals surface area contributed by atoms with Gasteiger partial charge in [-0.1, -0.05) is 26.0 Å². The van der Waals surface area contributed by atoms with Crippen molar-refractivity contribution in [2.24, 2.45) is 5.92 Å². The molecule has 0 aromatic heterocycles. The molecule has 12 heavy (non-hydrogen) atoms. The summed E-state index contributed by atoms with van der Waals surface area (Å²) in [6.45, 7) is 5.13. The van der Waals surface area contributed by atoms with Crippen molar-refractivity contribution in [1.29, 1.82) is 0 Å². The number of hydrogen-bond donors (Lipinski definition) is 2. The second-order valence-electron chi connectivity index (χ2n) is 3.07. The van der Waals surface area contributed by atoms with E-state index in [0.29, 0.717) is 11.8 Å². The van der Waals surface area contributed by atoms with Crippen LogP contribution in [0, 0.1) is 5.92 Å². The summed E-state index contributed by atoms with van der Waals surface area (Å²) in [6, 6.07) is 0.185. The summed E-state index contributed by atoms with van der Waals surface area (Å²) in [6.07, 6.45) is 3.86. The van der Waals surface area contributed by atoms with E-state index < -0.39 is 0 Å². The molecular formula is C9H18ClNO. The molecule has 0 fully saturated rings. The molecule has 0 aromatic rings. The topological polar surface area (TPSA) is 32.3 Å². The highest BCUT2D eigenvalue weighted by molar-refractivity contribution is 6.18. The lowest BCUT2D eigenvalue weighted by Gasteiger charge is -2.18. The molecule has 0 bridgehead atoms. The Hall–Kier alpha value is -0.0500. The Labute approximate surface area is 79.6 Å². The maximum atomic E-state index is 8.94. The number of halogens is 1. The zero-order chi connectivity index (χ0) is 9.40. The molecule has 0 amide bonds. The fourth-order valence-electron chi connectivity index (χ4n) is 0.877. The van der Waals surface area contributed by atoms with Gasteiger partial charge in [0.2, 0.25) is 0 Å². The van der Waals surface area contributed by atoms with Crippen LogP contribution in [0.3, 0.4) is 0 Å². The minimum Gasteiger partial charge on any atom is -0.395 e. The monoisotopic (exact) mass is 191 g/mol. The van der Waals surface area contributed by atoms with Crippen LogP contribution in [0.25, 0.3) is 0 Å². The predicted octanol–water partition coefficient (Wildman–Crippen LogP) is 1.39. The van der Waals surface area contributed by atoms with Gasteiger partial charge in [-0.05, 0) is 5.92 Å². The van der Waals surface area contributed by atoms with Crippen LogP contribution in [0.5, 0.6) is 0 Å². The van der Waals surface area contributed by atoms with Gasteiger partial charge in [-0.25, -0.2) is 0 Å². The van der Waals surface area contributed by atoms with Gasteiger partial charge in [-0.2, -0.15) is 0 Å². The first-order chi connectivity index (χ1) is 5.72. The van der Waals surface area contributed by atoms with E-state index >= 15 is 0 Å². The smallest absolute Gasteiger partial charge is 0.0587 e. The first-order valence-corrected chi connectivity index (χ1v) is 4.81. The summed E-state index contributed by atoms with van der Waals surface area (Å²) < 4.78 is 0. The Balaban J connectivity index is 3.51. The van der Waals surface area contributed by atoms with Crippen molar-refractivity contribution < 1.29 is 5.11 Å². The average Bonchev–Trinajstić information content (AvgIpc) is 2.04. The lowest BCUT2D eigenvalue weighted by molar-refractivity contribution is 0.215. The molecule has 0 rings (SSSR count). The standard InChI is InChI=1S/C9H18ClNO/c1-8(2)9(7-12)11-6-4-3-5-10/h3-4,8-9,11-12H,5-7H2,1-2H3/b4-3+/t9-/m1/s1. The Morgan fingerprint density at radius 1 is 1.42 bits per heavy atom. The van der Waals surface area contributed by atoms with Crippen LogP contribution >= 0.6 is 11.6 Å². The molecule has 0 aliphatic carbocycles. The Morgan fingerprint density at radius 3 is 2.50 bits per heavy atom. The first kappa shape index (κ1) is 11.9. The van der Waals surface area contributed by atoms with E-state index in [9.17, 15) is 0 Å². The number of hydrogen-bond acceptors (Lipinski definition) is 2. The van der Waals surface area contributed by atoms with Crippen molar-refractivity contribution >= 4 is 11.6 Å². The molecule has 0 unspecified atom stereocenters. The maximum absolute atomic E-state index is 8.94. The number of alkyl halides is 1. The van der Waals surface area contributed by atoms with Crippen molar-refractivity contribution in [2.45, 2.75) is 19.9 Å². The van der Waals surface area contributed by atoms with Crippen molar-refractivity contribution in [3.63, 3.8) is 0 Å². The Kier molecular flexibility index (Phi) is 7.56. The second kappa shape index (κ2) is 7.59. The largest absolute Gasteiger partial charge is 0.395 e. The minimum absolute atomic E-state index is 0.185. The van der Waals surface area contributed by atoms with Gasteiger partial charge in [-0.15, -0.1) is 11.6 Å². The van der Waals surface area contributed by atoms with Gasteiger partial charge in [0.05, 0.1) is 6.61 Å². The molecule has 0 saturated heterocycles. The van der Waals surface area contributed by atoms with Gasteiger partial charge < -0.3 is 10.4 Å². The zero-order valence-electron chi connectivity index (χ0n) is 7.76. The van der Waals surface area contributed by atoms with E-state index in [4.69, 9.17) is 16.7 Å². The number of nitrogens with one attached hydrogen (secondary N) is 1. The van der Waals surface area contributed by atoms with Gasteiger partial charge in [0, 0.05) is 18.5 Å². The third-order valence-electron chi connectivity index (χ3n) is 1.76. The summed E-state index contributed by atoms with van der Waals surface area (Å²) in [7, 11) is 0. The van der Waals surface area contributed by atoms with E-state index in [1.807, 2.05) is 12.2 Å². The van der Waals surface area contributed by atoms with Gasteiger partial charge >= 0.3 is 0 Å². The van der Waals surface area contributed by atoms with Crippen molar-refractivity contribution in [2.75, 3.05) is 19.0 Å². The highest BCUT2D eigenvalue weighted by atomic mass is 35.5. The molecule has 1 atom stereocenters. The van der Waals surface area contributed by atoms with Crippen molar-refractivity contribution in [1.82, 2.24) is 5.32 Å². The van der Waals surface area contributed by atoms with E-state index in [1.54, 1.807) is 0 Å². The third kappa shape index (κ3) is 5.58. The summed E-state index contributed by atoms with van der Waals surface area (Å²) in [5, 5.41) is 12.1. The number of aliphatic hydroxyl groups excluding tert-OH is 1. The van der Waals surface area contributed by atoms with E-state index in [-0.39, 0.29) is 12.6 Å². The molecule has 2 nitrogen and oxygen atoms in total. The fraction of sp³-hybridized carbons (Fsp3) is 0.778. The van der Waals surface area contributed by atoms with Crippen LogP contribution in [-0.4, -0.2) is 30.2 Å². The van der Waals surface area contributed by atoms with Crippen LogP contribution in [-0.2, 0) is 0 Å².